The number of phenolic OH excluding ortho intramolecular Hbond substituents is 1. The largest absolute Gasteiger partial charge is 0.504 e. The summed E-state index contributed by atoms with van der Waals surface area (Å²) >= 11 is 0. The standard InChI is InChI=1S/C12H18O4/c1-7(2)8-6-9(14-3)11(15-4)12(16-5)10(8)13/h6-7,13H,1-5H3. The number of phenols is 1. The molecule has 0 fully saturated rings. The molecule has 0 aliphatic heterocycles. The van der Waals surface area contributed by atoms with Crippen molar-refractivity contribution in [2.45, 2.75) is 19.8 Å². The quantitative estimate of drug-likeness (QED) is 0.857. The summed E-state index contributed by atoms with van der Waals surface area (Å²) in [4.78, 5) is 0. The maximum absolute atomic E-state index is 10.0. The maximum atomic E-state index is 10.0. The van der Waals surface area contributed by atoms with Gasteiger partial charge in [-0.05, 0) is 12.0 Å². The summed E-state index contributed by atoms with van der Waals surface area (Å²) in [5.41, 5.74) is 0.773. The molecule has 0 amide bonds. The van der Waals surface area contributed by atoms with Crippen LogP contribution in [0.3, 0.4) is 0 Å². The summed E-state index contributed by atoms with van der Waals surface area (Å²) in [5, 5.41) is 10.0. The van der Waals surface area contributed by atoms with Crippen LogP contribution in [0.2, 0.25) is 0 Å². The highest BCUT2D eigenvalue weighted by Gasteiger charge is 2.21. The fraction of sp³-hybridized carbons (Fsp3) is 0.500. The van der Waals surface area contributed by atoms with Crippen molar-refractivity contribution in [3.63, 3.8) is 0 Å². The van der Waals surface area contributed by atoms with E-state index < -0.39 is 0 Å². The number of benzene rings is 1. The van der Waals surface area contributed by atoms with E-state index in [0.29, 0.717) is 17.2 Å². The molecule has 1 aromatic rings. The Bertz CT molecular complexity index is 372. The SMILES string of the molecule is COc1cc(C(C)C)c(O)c(OC)c1OC. The molecule has 0 aliphatic rings. The molecule has 1 N–H and O–H groups in total. The van der Waals surface area contributed by atoms with Crippen molar-refractivity contribution < 1.29 is 19.3 Å². The number of hydrogen-bond donors (Lipinski definition) is 1. The molecular formula is C12H18O4. The molecule has 0 heterocycles. The van der Waals surface area contributed by atoms with Gasteiger partial charge in [0.1, 0.15) is 0 Å². The highest BCUT2D eigenvalue weighted by Crippen LogP contribution is 2.47. The van der Waals surface area contributed by atoms with E-state index in [9.17, 15) is 5.11 Å². The van der Waals surface area contributed by atoms with E-state index in [-0.39, 0.29) is 11.7 Å². The number of aromatic hydroxyl groups is 1. The van der Waals surface area contributed by atoms with Crippen molar-refractivity contribution in [3.8, 4) is 23.0 Å². The molecule has 0 radical (unpaired) electrons. The van der Waals surface area contributed by atoms with Crippen LogP contribution in [0.5, 0.6) is 23.0 Å². The lowest BCUT2D eigenvalue weighted by atomic mass is 10.0. The first-order chi connectivity index (χ1) is 7.56. The molecule has 0 saturated heterocycles. The van der Waals surface area contributed by atoms with Crippen LogP contribution in [0.25, 0.3) is 0 Å². The molecule has 4 heteroatoms. The molecule has 1 aromatic carbocycles. The van der Waals surface area contributed by atoms with Crippen LogP contribution in [-0.2, 0) is 0 Å². The molecule has 1 rings (SSSR count). The lowest BCUT2D eigenvalue weighted by Gasteiger charge is -2.17. The van der Waals surface area contributed by atoms with E-state index in [0.717, 1.165) is 5.56 Å². The normalized spacial score (nSPS) is 10.4. The van der Waals surface area contributed by atoms with Gasteiger partial charge in [-0.2, -0.15) is 0 Å². The van der Waals surface area contributed by atoms with Crippen molar-refractivity contribution in [3.05, 3.63) is 11.6 Å². The zero-order valence-electron chi connectivity index (χ0n) is 10.3. The van der Waals surface area contributed by atoms with Gasteiger partial charge >= 0.3 is 0 Å². The topological polar surface area (TPSA) is 47.9 Å². The van der Waals surface area contributed by atoms with Gasteiger partial charge in [0.2, 0.25) is 11.5 Å². The zero-order chi connectivity index (χ0) is 12.3. The van der Waals surface area contributed by atoms with Crippen molar-refractivity contribution in [2.75, 3.05) is 21.3 Å². The van der Waals surface area contributed by atoms with Crippen LogP contribution in [0, 0.1) is 0 Å². The van der Waals surface area contributed by atoms with Crippen molar-refractivity contribution in [1.29, 1.82) is 0 Å². The molecule has 0 aromatic heterocycles. The number of hydrogen-bond acceptors (Lipinski definition) is 4. The molecule has 16 heavy (non-hydrogen) atoms. The summed E-state index contributed by atoms with van der Waals surface area (Å²) in [7, 11) is 4.55. The third-order valence-electron chi connectivity index (χ3n) is 2.46. The molecule has 0 atom stereocenters. The summed E-state index contributed by atoms with van der Waals surface area (Å²) in [6, 6.07) is 1.77. The Labute approximate surface area is 95.8 Å². The van der Waals surface area contributed by atoms with Crippen LogP contribution in [-0.4, -0.2) is 26.4 Å². The molecule has 0 aliphatic carbocycles. The van der Waals surface area contributed by atoms with Gasteiger partial charge in [-0.1, -0.05) is 13.8 Å². The van der Waals surface area contributed by atoms with E-state index in [2.05, 4.69) is 0 Å². The van der Waals surface area contributed by atoms with Gasteiger partial charge in [0.05, 0.1) is 21.3 Å². The minimum Gasteiger partial charge on any atom is -0.504 e. The van der Waals surface area contributed by atoms with Crippen LogP contribution in [0.15, 0.2) is 6.07 Å². The zero-order valence-corrected chi connectivity index (χ0v) is 10.3. The van der Waals surface area contributed by atoms with E-state index in [1.807, 2.05) is 13.8 Å². The first-order valence-corrected chi connectivity index (χ1v) is 5.08. The summed E-state index contributed by atoms with van der Waals surface area (Å²) in [6.45, 7) is 3.97. The number of methoxy groups -OCH3 is 3. The van der Waals surface area contributed by atoms with Gasteiger partial charge in [-0.15, -0.1) is 0 Å². The van der Waals surface area contributed by atoms with Crippen molar-refractivity contribution in [2.24, 2.45) is 0 Å². The fourth-order valence-corrected chi connectivity index (χ4v) is 1.60. The second kappa shape index (κ2) is 4.96. The second-order valence-corrected chi connectivity index (χ2v) is 3.74. The van der Waals surface area contributed by atoms with Crippen LogP contribution >= 0.6 is 0 Å². The Balaban J connectivity index is 3.48. The first kappa shape index (κ1) is 12.5. The summed E-state index contributed by atoms with van der Waals surface area (Å²) < 4.78 is 15.5. The highest BCUT2D eigenvalue weighted by atomic mass is 16.5. The molecule has 0 unspecified atom stereocenters. The third-order valence-corrected chi connectivity index (χ3v) is 2.46. The minimum absolute atomic E-state index is 0.107. The number of ether oxygens (including phenoxy) is 3. The van der Waals surface area contributed by atoms with Crippen LogP contribution in [0.1, 0.15) is 25.3 Å². The average Bonchev–Trinajstić information content (AvgIpc) is 2.27. The lowest BCUT2D eigenvalue weighted by molar-refractivity contribution is 0.308. The first-order valence-electron chi connectivity index (χ1n) is 5.08. The van der Waals surface area contributed by atoms with Crippen LogP contribution in [0.4, 0.5) is 0 Å². The molecule has 0 bridgehead atoms. The predicted octanol–water partition coefficient (Wildman–Crippen LogP) is 2.54. The molecule has 0 saturated carbocycles. The fourth-order valence-electron chi connectivity index (χ4n) is 1.60. The Hall–Kier alpha value is -1.58. The van der Waals surface area contributed by atoms with E-state index in [1.165, 1.54) is 14.2 Å². The summed E-state index contributed by atoms with van der Waals surface area (Å²) in [6.07, 6.45) is 0. The highest BCUT2D eigenvalue weighted by molar-refractivity contribution is 5.62. The predicted molar refractivity (Wildman–Crippen MR) is 61.9 cm³/mol. The molecule has 0 spiro atoms. The van der Waals surface area contributed by atoms with E-state index in [1.54, 1.807) is 13.2 Å². The summed E-state index contributed by atoms with van der Waals surface area (Å²) in [5.74, 6) is 1.56. The number of rotatable bonds is 4. The molecule has 90 valence electrons. The van der Waals surface area contributed by atoms with Crippen molar-refractivity contribution in [1.82, 2.24) is 0 Å². The smallest absolute Gasteiger partial charge is 0.207 e. The average molecular weight is 226 g/mol. The minimum atomic E-state index is 0.107. The molecular weight excluding hydrogens is 208 g/mol. The third kappa shape index (κ3) is 2.01. The van der Waals surface area contributed by atoms with Gasteiger partial charge in [0, 0.05) is 5.56 Å². The van der Waals surface area contributed by atoms with Gasteiger partial charge in [-0.25, -0.2) is 0 Å². The monoisotopic (exact) mass is 226 g/mol. The van der Waals surface area contributed by atoms with Gasteiger partial charge < -0.3 is 19.3 Å². The van der Waals surface area contributed by atoms with Gasteiger partial charge in [-0.3, -0.25) is 0 Å². The van der Waals surface area contributed by atoms with Gasteiger partial charge in [0.15, 0.2) is 11.5 Å². The Morgan fingerprint density at radius 2 is 1.56 bits per heavy atom. The van der Waals surface area contributed by atoms with Gasteiger partial charge in [0.25, 0.3) is 0 Å². The van der Waals surface area contributed by atoms with Crippen LogP contribution < -0.4 is 14.2 Å². The van der Waals surface area contributed by atoms with Crippen molar-refractivity contribution >= 4 is 0 Å². The van der Waals surface area contributed by atoms with E-state index in [4.69, 9.17) is 14.2 Å². The Morgan fingerprint density at radius 1 is 1.00 bits per heavy atom. The molecule has 4 nitrogen and oxygen atoms in total. The maximum Gasteiger partial charge on any atom is 0.207 e. The second-order valence-electron chi connectivity index (χ2n) is 3.74. The van der Waals surface area contributed by atoms with E-state index >= 15 is 0 Å². The lowest BCUT2D eigenvalue weighted by Crippen LogP contribution is -1.99. The Morgan fingerprint density at radius 3 is 1.94 bits per heavy atom. The Kier molecular flexibility index (Phi) is 3.88.